The van der Waals surface area contributed by atoms with Gasteiger partial charge in [0.15, 0.2) is 5.78 Å². The predicted octanol–water partition coefficient (Wildman–Crippen LogP) is 12.8. The van der Waals surface area contributed by atoms with E-state index in [2.05, 4.69) is 62.0 Å². The quantitative estimate of drug-likeness (QED) is 0.0472. The molecule has 1 aliphatic carbocycles. The number of hydrogen-bond acceptors (Lipinski definition) is 7. The van der Waals surface area contributed by atoms with Crippen LogP contribution >= 0.6 is 0 Å². The number of ether oxygens (including phenoxy) is 2. The zero-order chi connectivity index (χ0) is 46.4. The smallest absolute Gasteiger partial charge is 0.657 e. The van der Waals surface area contributed by atoms with Gasteiger partial charge in [-0.15, -0.1) is 22.1 Å². The van der Waals surface area contributed by atoms with E-state index in [1.165, 1.54) is 57.6 Å². The molecule has 9 nitrogen and oxygen atoms in total. The van der Waals surface area contributed by atoms with Crippen LogP contribution in [0.3, 0.4) is 0 Å². The number of rotatable bonds is 20. The summed E-state index contributed by atoms with van der Waals surface area (Å²) in [6.45, 7) is 26.0. The Kier molecular flexibility index (Phi) is 18.3. The summed E-state index contributed by atoms with van der Waals surface area (Å²) in [6.07, 6.45) is 16.4. The van der Waals surface area contributed by atoms with E-state index < -0.39 is 11.9 Å². The summed E-state index contributed by atoms with van der Waals surface area (Å²) in [6, 6.07) is 5.95. The third kappa shape index (κ3) is 11.6. The molecule has 2 aliphatic heterocycles. The number of esters is 2. The maximum atomic E-state index is 14.4. The molecule has 6 rings (SSSR count). The third-order valence-corrected chi connectivity index (χ3v) is 14.2. The molecule has 5 heterocycles. The summed E-state index contributed by atoms with van der Waals surface area (Å²) in [4.78, 5) is 61.8. The fourth-order valence-corrected chi connectivity index (χ4v) is 10.1. The summed E-state index contributed by atoms with van der Waals surface area (Å²) in [5.74, 6) is -0.711. The van der Waals surface area contributed by atoms with Crippen LogP contribution in [0.4, 0.5) is 0 Å². The Hall–Kier alpha value is -4.28. The Morgan fingerprint density at radius 1 is 0.862 bits per heavy atom. The van der Waals surface area contributed by atoms with Crippen LogP contribution in [0, 0.1) is 31.6 Å². The minimum atomic E-state index is -1.22. The van der Waals surface area contributed by atoms with Crippen LogP contribution in [-0.4, -0.2) is 64.5 Å². The van der Waals surface area contributed by atoms with Gasteiger partial charge in [-0.2, -0.15) is 0 Å². The average Bonchev–Trinajstić information content (AvgIpc) is 3.99. The number of carbonyl (C=O) groups is 3. The summed E-state index contributed by atoms with van der Waals surface area (Å²) in [5, 5.41) is 0. The maximum Gasteiger partial charge on any atom is 2.00 e. The van der Waals surface area contributed by atoms with Crippen LogP contribution in [0.5, 0.6) is 0 Å². The average molecular weight is 894 g/mol. The van der Waals surface area contributed by atoms with E-state index in [0.717, 1.165) is 81.5 Å². The van der Waals surface area contributed by atoms with Gasteiger partial charge in [-0.25, -0.2) is 4.98 Å². The van der Waals surface area contributed by atoms with Gasteiger partial charge >= 0.3 is 35.0 Å². The number of allylic oxidation sites excluding steroid dienone is 3. The van der Waals surface area contributed by atoms with Crippen molar-refractivity contribution in [2.24, 2.45) is 17.8 Å². The molecular weight excluding hydrogens is 821 g/mol. The van der Waals surface area contributed by atoms with Gasteiger partial charge in [0.25, 0.3) is 0 Å². The minimum Gasteiger partial charge on any atom is -0.657 e. The molecule has 0 saturated carbocycles. The first-order chi connectivity index (χ1) is 30.6. The van der Waals surface area contributed by atoms with Crippen molar-refractivity contribution >= 4 is 80.1 Å². The van der Waals surface area contributed by atoms with Crippen molar-refractivity contribution < 1.29 is 23.9 Å². The summed E-state index contributed by atoms with van der Waals surface area (Å²) >= 11 is 0. The number of nitrogens with zero attached hydrogens (tertiary/aromatic N) is 4. The minimum absolute atomic E-state index is 0. The van der Waals surface area contributed by atoms with Gasteiger partial charge in [-0.1, -0.05) is 134 Å². The van der Waals surface area contributed by atoms with Crippen molar-refractivity contribution in [2.75, 3.05) is 13.7 Å². The van der Waals surface area contributed by atoms with Crippen LogP contribution in [0.1, 0.15) is 206 Å². The summed E-state index contributed by atoms with van der Waals surface area (Å²) in [5.41, 5.74) is 12.3. The third-order valence-electron chi connectivity index (χ3n) is 14.2. The molecule has 0 spiro atoms. The predicted molar refractivity (Wildman–Crippen MR) is 266 cm³/mol. The number of methoxy groups -OCH3 is 1. The van der Waals surface area contributed by atoms with E-state index in [-0.39, 0.29) is 59.7 Å². The van der Waals surface area contributed by atoms with Gasteiger partial charge in [0.2, 0.25) is 0 Å². The number of carbonyl (C=O) groups excluding carboxylic acids is 3. The molecule has 10 heteroatoms. The molecule has 5 atom stereocenters. The van der Waals surface area contributed by atoms with Gasteiger partial charge in [0.1, 0.15) is 12.5 Å². The van der Waals surface area contributed by atoms with Crippen LogP contribution < -0.4 is 9.97 Å². The fourth-order valence-electron chi connectivity index (χ4n) is 10.1. The molecule has 344 valence electrons. The van der Waals surface area contributed by atoms with Gasteiger partial charge in [0, 0.05) is 35.2 Å². The first-order valence-electron chi connectivity index (χ1n) is 24.0. The SMILES string of the molecule is C=Cc1c(C)c2cc3nc(c4c5[n-]c(cc6nc(cc1[n-]2)C(C)=C6CC)c(C)c5C(=O)[C@@H]4C(=O)OC)C(CCC(=O)OC/C=C(\C)CCCC(C)CCCC(C)CCCC(C)C)[C@@H]3C.[Mg+2]. The van der Waals surface area contributed by atoms with Gasteiger partial charge in [0.05, 0.1) is 18.5 Å². The molecule has 0 amide bonds. The molecule has 65 heavy (non-hydrogen) atoms. The number of fused-ring (bicyclic) bond motifs is 8. The zero-order valence-corrected chi connectivity index (χ0v) is 42.7. The van der Waals surface area contributed by atoms with E-state index in [1.807, 2.05) is 44.2 Å². The Morgan fingerprint density at radius 2 is 1.51 bits per heavy atom. The number of Topliss-reactive ketones (excluding diaryl/α,β-unsaturated/α-hetero) is 1. The number of aromatic nitrogens is 4. The van der Waals surface area contributed by atoms with Crippen LogP contribution in [-0.2, 0) is 19.1 Å². The molecule has 0 aromatic carbocycles. The van der Waals surface area contributed by atoms with E-state index in [4.69, 9.17) is 29.4 Å². The van der Waals surface area contributed by atoms with Crippen molar-refractivity contribution in [1.82, 2.24) is 19.9 Å². The Labute approximate surface area is 404 Å². The topological polar surface area (TPSA) is 124 Å². The largest absolute Gasteiger partial charge is 2.00 e. The van der Waals surface area contributed by atoms with Gasteiger partial charge in [-0.3, -0.25) is 19.4 Å². The Balaban J connectivity index is 0.00000793. The van der Waals surface area contributed by atoms with Crippen molar-refractivity contribution in [3.05, 3.63) is 87.0 Å². The van der Waals surface area contributed by atoms with E-state index in [0.29, 0.717) is 45.8 Å². The molecule has 3 aromatic rings. The zero-order valence-electron chi connectivity index (χ0n) is 41.3. The summed E-state index contributed by atoms with van der Waals surface area (Å²) in [7, 11) is 1.30. The Bertz CT molecular complexity index is 2490. The van der Waals surface area contributed by atoms with Gasteiger partial charge < -0.3 is 19.4 Å². The number of hydrogen-bond donors (Lipinski definition) is 0. The molecule has 3 aromatic heterocycles. The van der Waals surface area contributed by atoms with E-state index in [9.17, 15) is 14.4 Å². The first kappa shape index (κ1) is 51.7. The second-order valence-corrected chi connectivity index (χ2v) is 19.4. The van der Waals surface area contributed by atoms with Crippen molar-refractivity contribution in [3.63, 3.8) is 0 Å². The Morgan fingerprint density at radius 3 is 2.15 bits per heavy atom. The van der Waals surface area contributed by atoms with Crippen molar-refractivity contribution in [1.29, 1.82) is 0 Å². The molecule has 0 fully saturated rings. The van der Waals surface area contributed by atoms with Gasteiger partial charge in [-0.05, 0) is 99.5 Å². The normalized spacial score (nSPS) is 17.9. The second-order valence-electron chi connectivity index (χ2n) is 19.4. The molecule has 8 bridgehead atoms. The summed E-state index contributed by atoms with van der Waals surface area (Å²) < 4.78 is 11.0. The monoisotopic (exact) mass is 893 g/mol. The molecule has 3 aliphatic rings. The molecule has 3 unspecified atom stereocenters. The number of ketones is 1. The van der Waals surface area contributed by atoms with E-state index in [1.54, 1.807) is 0 Å². The molecule has 0 saturated heterocycles. The van der Waals surface area contributed by atoms with Crippen LogP contribution in [0.25, 0.3) is 39.3 Å². The van der Waals surface area contributed by atoms with E-state index >= 15 is 0 Å². The van der Waals surface area contributed by atoms with Crippen LogP contribution in [0.2, 0.25) is 0 Å². The first-order valence-corrected chi connectivity index (χ1v) is 24.0. The fraction of sp³-hybridized carbons (Fsp3) is 0.545. The van der Waals surface area contributed by atoms with Crippen LogP contribution in [0.15, 0.2) is 36.4 Å². The standard InChI is InChI=1S/C55H73N4O5.Mg/c1-13-39-35(8)42-28-44-37(10)41(24-25-48(60)64-27-26-34(7)23-17-22-33(6)21-16-20-32(5)19-15-18-31(3)4)52(58-44)50-51(55(62)63-12)54(61)49-38(11)45(59-53(49)50)30-47-40(14-2)36(9)43(57-47)29-46(39)56-42;/h13,26,28-33,37,41,51H,1,14-25,27H2,2-12H3,(H-,56,57,58,59,61);/q-1;+2/p-1/b34-26+;/t32?,33?,37-,41?,51+;/m0./s1. The van der Waals surface area contributed by atoms with Crippen molar-refractivity contribution in [2.45, 2.75) is 164 Å². The molecular formula is C55H72MgN4O5. The van der Waals surface area contributed by atoms with Crippen molar-refractivity contribution in [3.8, 4) is 0 Å². The second kappa shape index (κ2) is 22.9. The number of aryl methyl sites for hydroxylation is 2. The molecule has 0 N–H and O–H groups in total. The molecule has 0 radical (unpaired) electrons. The maximum absolute atomic E-state index is 14.4.